The van der Waals surface area contributed by atoms with Crippen LogP contribution in [0.4, 0.5) is 11.4 Å². The fourth-order valence-electron chi connectivity index (χ4n) is 4.34. The van der Waals surface area contributed by atoms with E-state index in [1.165, 1.54) is 4.90 Å². The predicted octanol–water partition coefficient (Wildman–Crippen LogP) is 0.714. The highest BCUT2D eigenvalue weighted by atomic mass is 16.5. The van der Waals surface area contributed by atoms with Crippen LogP contribution < -0.4 is 19.0 Å². The fourth-order valence-corrected chi connectivity index (χ4v) is 4.34. The normalized spacial score (nSPS) is 27.0. The highest BCUT2D eigenvalue weighted by Crippen LogP contribution is 2.25. The number of benzene rings is 2. The van der Waals surface area contributed by atoms with Gasteiger partial charge >= 0.3 is 6.19 Å². The first-order chi connectivity index (χ1) is 14.1. The van der Waals surface area contributed by atoms with Gasteiger partial charge in [0, 0.05) is 12.1 Å². The molecule has 7 heteroatoms. The standard InChI is InChI=1S/C22H23N4O3/c1-29-19-9-7-17(8-10-19)25-21(27)15-20(22(25)28)24-11-13-26(16-23,14-12-24)18-5-3-2-4-6-18/h2-10,20H,11-15H2,1H3/q+1/p+1/t20-/m0/s1. The molecule has 4 rings (SSSR count). The van der Waals surface area contributed by atoms with Crippen LogP contribution >= 0.6 is 0 Å². The number of imide groups is 1. The zero-order valence-electron chi connectivity index (χ0n) is 16.4. The molecule has 0 unspecified atom stereocenters. The quantitative estimate of drug-likeness (QED) is 0.473. The summed E-state index contributed by atoms with van der Waals surface area (Å²) in [5.41, 5.74) is 1.55. The van der Waals surface area contributed by atoms with Crippen molar-refractivity contribution < 1.29 is 19.2 Å². The molecule has 0 saturated carbocycles. The molecule has 0 aromatic heterocycles. The minimum Gasteiger partial charge on any atom is -0.497 e. The highest BCUT2D eigenvalue weighted by molar-refractivity contribution is 6.21. The minimum absolute atomic E-state index is 0.160. The average Bonchev–Trinajstić information content (AvgIpc) is 3.08. The number of quaternary nitrogens is 2. The van der Waals surface area contributed by atoms with Crippen molar-refractivity contribution in [1.29, 1.82) is 5.26 Å². The minimum atomic E-state index is -0.388. The van der Waals surface area contributed by atoms with Gasteiger partial charge in [0.25, 0.3) is 5.91 Å². The Kier molecular flexibility index (Phi) is 5.05. The van der Waals surface area contributed by atoms with Gasteiger partial charge in [-0.3, -0.25) is 9.59 Å². The molecule has 2 aromatic carbocycles. The maximum absolute atomic E-state index is 13.1. The molecule has 0 spiro atoms. The summed E-state index contributed by atoms with van der Waals surface area (Å²) in [6.07, 6.45) is 2.67. The second kappa shape index (κ2) is 7.66. The Balaban J connectivity index is 1.48. The van der Waals surface area contributed by atoms with Crippen LogP contribution in [0, 0.1) is 11.5 Å². The summed E-state index contributed by atoms with van der Waals surface area (Å²) in [4.78, 5) is 28.0. The first-order valence-electron chi connectivity index (χ1n) is 9.77. The van der Waals surface area contributed by atoms with Crippen molar-refractivity contribution in [1.82, 2.24) is 4.48 Å². The molecule has 2 aromatic rings. The van der Waals surface area contributed by atoms with Crippen LogP contribution in [0.25, 0.3) is 0 Å². The lowest BCUT2D eigenvalue weighted by Crippen LogP contribution is -3.19. The van der Waals surface area contributed by atoms with E-state index in [2.05, 4.69) is 6.19 Å². The van der Waals surface area contributed by atoms with Gasteiger partial charge in [-0.1, -0.05) is 18.2 Å². The van der Waals surface area contributed by atoms with E-state index in [9.17, 15) is 14.9 Å². The molecule has 2 saturated heterocycles. The second-order valence-electron chi connectivity index (χ2n) is 7.53. The Morgan fingerprint density at radius 3 is 2.31 bits per heavy atom. The number of nitriles is 1. The number of anilines is 1. The first kappa shape index (κ1) is 19.1. The number of hydrogen-bond acceptors (Lipinski definition) is 4. The molecule has 2 amide bonds. The average molecular weight is 392 g/mol. The van der Waals surface area contributed by atoms with E-state index in [0.717, 1.165) is 10.6 Å². The first-order valence-corrected chi connectivity index (χ1v) is 9.77. The smallest absolute Gasteiger partial charge is 0.314 e. The number of piperazine rings is 1. The van der Waals surface area contributed by atoms with E-state index in [1.807, 2.05) is 30.3 Å². The highest BCUT2D eigenvalue weighted by Gasteiger charge is 2.49. The molecule has 29 heavy (non-hydrogen) atoms. The molecule has 2 aliphatic rings. The molecular formula is C22H24N4O3+2. The molecule has 0 bridgehead atoms. The van der Waals surface area contributed by atoms with Crippen molar-refractivity contribution in [3.63, 3.8) is 0 Å². The monoisotopic (exact) mass is 392 g/mol. The summed E-state index contributed by atoms with van der Waals surface area (Å²) < 4.78 is 5.40. The summed E-state index contributed by atoms with van der Waals surface area (Å²) in [7, 11) is 1.58. The SMILES string of the molecule is COc1ccc(N2C(=O)C[C@H]([NH+]3CC[N+](C#N)(c4ccccc4)CC3)C2=O)cc1. The Morgan fingerprint density at radius 1 is 1.07 bits per heavy atom. The molecular weight excluding hydrogens is 368 g/mol. The number of rotatable bonds is 4. The van der Waals surface area contributed by atoms with Crippen LogP contribution in [-0.2, 0) is 9.59 Å². The number of ether oxygens (including phenoxy) is 1. The molecule has 2 heterocycles. The van der Waals surface area contributed by atoms with Gasteiger partial charge in [-0.2, -0.15) is 4.48 Å². The third kappa shape index (κ3) is 3.37. The zero-order valence-corrected chi connectivity index (χ0v) is 16.4. The number of para-hydroxylation sites is 1. The maximum atomic E-state index is 13.1. The molecule has 2 aliphatic heterocycles. The van der Waals surface area contributed by atoms with Crippen LogP contribution in [0.5, 0.6) is 5.75 Å². The van der Waals surface area contributed by atoms with Gasteiger partial charge in [-0.05, 0) is 24.3 Å². The molecule has 2 fully saturated rings. The van der Waals surface area contributed by atoms with E-state index in [0.29, 0.717) is 37.6 Å². The van der Waals surface area contributed by atoms with E-state index in [-0.39, 0.29) is 28.8 Å². The lowest BCUT2D eigenvalue weighted by Gasteiger charge is -2.37. The molecule has 7 nitrogen and oxygen atoms in total. The fraction of sp³-hybridized carbons (Fsp3) is 0.318. The van der Waals surface area contributed by atoms with Crippen molar-refractivity contribution in [3.05, 3.63) is 54.6 Å². The van der Waals surface area contributed by atoms with Crippen LogP contribution in [0.3, 0.4) is 0 Å². The Hall–Kier alpha value is -3.21. The van der Waals surface area contributed by atoms with Gasteiger partial charge in [0.05, 0.1) is 19.2 Å². The summed E-state index contributed by atoms with van der Waals surface area (Å²) >= 11 is 0. The van der Waals surface area contributed by atoms with Gasteiger partial charge in [-0.25, -0.2) is 4.90 Å². The lowest BCUT2D eigenvalue weighted by atomic mass is 10.1. The van der Waals surface area contributed by atoms with Gasteiger partial charge in [0.1, 0.15) is 37.6 Å². The van der Waals surface area contributed by atoms with Crippen LogP contribution in [0.15, 0.2) is 54.6 Å². The third-order valence-electron chi connectivity index (χ3n) is 6.04. The Morgan fingerprint density at radius 2 is 1.72 bits per heavy atom. The number of nitrogens with zero attached hydrogens (tertiary/aromatic N) is 3. The molecule has 148 valence electrons. The third-order valence-corrected chi connectivity index (χ3v) is 6.04. The lowest BCUT2D eigenvalue weighted by molar-refractivity contribution is -0.918. The summed E-state index contributed by atoms with van der Waals surface area (Å²) in [6.45, 7) is 2.58. The van der Waals surface area contributed by atoms with Crippen molar-refractivity contribution in [2.75, 3.05) is 38.2 Å². The van der Waals surface area contributed by atoms with Gasteiger partial charge < -0.3 is 9.64 Å². The number of methoxy groups -OCH3 is 1. The topological polar surface area (TPSA) is 74.8 Å². The molecule has 0 aliphatic carbocycles. The van der Waals surface area contributed by atoms with Crippen LogP contribution in [0.1, 0.15) is 6.42 Å². The molecule has 1 atom stereocenters. The van der Waals surface area contributed by atoms with Crippen LogP contribution in [0.2, 0.25) is 0 Å². The van der Waals surface area contributed by atoms with Gasteiger partial charge in [0.15, 0.2) is 6.04 Å². The number of nitrogens with one attached hydrogen (secondary N) is 1. The van der Waals surface area contributed by atoms with Crippen molar-refractivity contribution >= 4 is 23.2 Å². The summed E-state index contributed by atoms with van der Waals surface area (Å²) in [5.74, 6) is 0.344. The Bertz CT molecular complexity index is 944. The maximum Gasteiger partial charge on any atom is 0.314 e. The number of carbonyl (C=O) groups excluding carboxylic acids is 2. The van der Waals surface area contributed by atoms with E-state index < -0.39 is 0 Å². The van der Waals surface area contributed by atoms with E-state index >= 15 is 0 Å². The van der Waals surface area contributed by atoms with Crippen molar-refractivity contribution in [3.8, 4) is 11.9 Å². The van der Waals surface area contributed by atoms with E-state index in [1.54, 1.807) is 31.4 Å². The van der Waals surface area contributed by atoms with Crippen molar-refractivity contribution in [2.24, 2.45) is 0 Å². The number of hydrogen-bond donors (Lipinski definition) is 1. The summed E-state index contributed by atoms with van der Waals surface area (Å²) in [5, 5.41) is 9.85. The molecule has 1 N–H and O–H groups in total. The van der Waals surface area contributed by atoms with Crippen LogP contribution in [-0.4, -0.2) is 51.1 Å². The predicted molar refractivity (Wildman–Crippen MR) is 108 cm³/mol. The Labute approximate surface area is 169 Å². The zero-order chi connectivity index (χ0) is 20.4. The van der Waals surface area contributed by atoms with E-state index in [4.69, 9.17) is 4.74 Å². The second-order valence-corrected chi connectivity index (χ2v) is 7.53. The van der Waals surface area contributed by atoms with Gasteiger partial charge in [0.2, 0.25) is 5.91 Å². The number of amides is 2. The number of carbonyl (C=O) groups is 2. The van der Waals surface area contributed by atoms with Gasteiger partial charge in [-0.15, -0.1) is 5.26 Å². The summed E-state index contributed by atoms with van der Waals surface area (Å²) in [6, 6.07) is 16.3. The molecule has 0 radical (unpaired) electrons. The van der Waals surface area contributed by atoms with Crippen molar-refractivity contribution in [2.45, 2.75) is 12.5 Å². The largest absolute Gasteiger partial charge is 0.497 e.